The first-order chi connectivity index (χ1) is 9.47. The quantitative estimate of drug-likeness (QED) is 0.633. The smallest absolute Gasteiger partial charge is 0.245 e. The molecule has 2 rings (SSSR count). The molecule has 20 heavy (non-hydrogen) atoms. The van der Waals surface area contributed by atoms with Gasteiger partial charge in [0.2, 0.25) is 5.91 Å². The summed E-state index contributed by atoms with van der Waals surface area (Å²) in [5, 5.41) is 0. The molecule has 1 saturated heterocycles. The van der Waals surface area contributed by atoms with Crippen LogP contribution in [0.4, 0.5) is 0 Å². The molecule has 1 aliphatic heterocycles. The minimum atomic E-state index is -0.273. The third-order valence-corrected chi connectivity index (χ3v) is 4.31. The molecule has 1 atom stereocenters. The molecule has 1 unspecified atom stereocenters. The third kappa shape index (κ3) is 2.62. The maximum Gasteiger partial charge on any atom is 0.245 e. The van der Waals surface area contributed by atoms with Gasteiger partial charge in [-0.1, -0.05) is 0 Å². The molecule has 110 valence electrons. The number of halogens is 1. The van der Waals surface area contributed by atoms with Crippen LogP contribution in [-0.2, 0) is 4.79 Å². The molecule has 5 heteroatoms. The van der Waals surface area contributed by atoms with E-state index >= 15 is 0 Å². The van der Waals surface area contributed by atoms with Crippen LogP contribution >= 0.6 is 11.6 Å². The number of carbonyl (C=O) groups is 2. The average molecular weight is 297 g/mol. The van der Waals surface area contributed by atoms with Crippen LogP contribution in [0.2, 0.25) is 0 Å². The van der Waals surface area contributed by atoms with Gasteiger partial charge in [-0.05, 0) is 39.7 Å². The number of likely N-dealkylation sites (tertiary alicyclic amines) is 1. The Morgan fingerprint density at radius 2 is 1.90 bits per heavy atom. The Bertz CT molecular complexity index is 530. The van der Waals surface area contributed by atoms with Crippen LogP contribution in [0.1, 0.15) is 47.6 Å². The zero-order valence-electron chi connectivity index (χ0n) is 12.3. The van der Waals surface area contributed by atoms with Crippen LogP contribution in [0.3, 0.4) is 0 Å². The largest absolute Gasteiger partial charge is 0.341 e. The standard InChI is InChI=1S/C15H21ClN2O2/c1-10-8-13(14(19)9-16)11(2)18(10)12(3)15(20)17-6-4-5-7-17/h8,12H,4-7,9H2,1-3H3. The van der Waals surface area contributed by atoms with E-state index in [1.54, 1.807) is 0 Å². The number of nitrogens with zero attached hydrogens (tertiary/aromatic N) is 2. The minimum Gasteiger partial charge on any atom is -0.341 e. The highest BCUT2D eigenvalue weighted by molar-refractivity contribution is 6.30. The van der Waals surface area contributed by atoms with E-state index < -0.39 is 0 Å². The molecule has 0 bridgehead atoms. The summed E-state index contributed by atoms with van der Waals surface area (Å²) in [6.45, 7) is 7.38. The number of ketones is 1. The number of carbonyl (C=O) groups excluding carboxylic acids is 2. The second-order valence-electron chi connectivity index (χ2n) is 5.42. The zero-order chi connectivity index (χ0) is 14.9. The Morgan fingerprint density at radius 3 is 2.45 bits per heavy atom. The third-order valence-electron chi connectivity index (χ3n) is 4.07. The molecule has 1 fully saturated rings. The first-order valence-electron chi connectivity index (χ1n) is 7.03. The Kier molecular flexibility index (Phi) is 4.53. The first-order valence-corrected chi connectivity index (χ1v) is 7.57. The highest BCUT2D eigenvalue weighted by atomic mass is 35.5. The summed E-state index contributed by atoms with van der Waals surface area (Å²) in [5.41, 5.74) is 2.38. The van der Waals surface area contributed by atoms with Gasteiger partial charge >= 0.3 is 0 Å². The van der Waals surface area contributed by atoms with Crippen molar-refractivity contribution in [2.45, 2.75) is 39.7 Å². The van der Waals surface area contributed by atoms with E-state index in [1.165, 1.54) is 0 Å². The molecule has 0 radical (unpaired) electrons. The van der Waals surface area contributed by atoms with Gasteiger partial charge in [-0.2, -0.15) is 0 Å². The van der Waals surface area contributed by atoms with Gasteiger partial charge in [0.05, 0.1) is 5.88 Å². The van der Waals surface area contributed by atoms with Crippen LogP contribution in [0.25, 0.3) is 0 Å². The van der Waals surface area contributed by atoms with Crippen molar-refractivity contribution in [2.24, 2.45) is 0 Å². The fraction of sp³-hybridized carbons (Fsp3) is 0.600. The Hall–Kier alpha value is -1.29. The van der Waals surface area contributed by atoms with E-state index in [9.17, 15) is 9.59 Å². The lowest BCUT2D eigenvalue weighted by Crippen LogP contribution is -2.34. The highest BCUT2D eigenvalue weighted by Crippen LogP contribution is 2.24. The fourth-order valence-corrected chi connectivity index (χ4v) is 3.18. The summed E-state index contributed by atoms with van der Waals surface area (Å²) in [6, 6.07) is 1.55. The Morgan fingerprint density at radius 1 is 1.30 bits per heavy atom. The SMILES string of the molecule is Cc1cc(C(=O)CCl)c(C)n1C(C)C(=O)N1CCCC1. The maximum atomic E-state index is 12.5. The number of rotatable bonds is 4. The predicted molar refractivity (Wildman–Crippen MR) is 79.5 cm³/mol. The van der Waals surface area contributed by atoms with E-state index in [-0.39, 0.29) is 23.6 Å². The molecule has 0 aromatic carbocycles. The van der Waals surface area contributed by atoms with Gasteiger partial charge in [0.1, 0.15) is 6.04 Å². The van der Waals surface area contributed by atoms with Gasteiger partial charge < -0.3 is 9.47 Å². The van der Waals surface area contributed by atoms with Crippen molar-refractivity contribution in [3.8, 4) is 0 Å². The number of hydrogen-bond donors (Lipinski definition) is 0. The molecule has 1 aromatic rings. The van der Waals surface area contributed by atoms with Crippen molar-refractivity contribution in [1.82, 2.24) is 9.47 Å². The fourth-order valence-electron chi connectivity index (χ4n) is 3.04. The van der Waals surface area contributed by atoms with Crippen molar-refractivity contribution in [3.63, 3.8) is 0 Å². The summed E-state index contributed by atoms with van der Waals surface area (Å²) in [4.78, 5) is 26.2. The number of aromatic nitrogens is 1. The lowest BCUT2D eigenvalue weighted by Gasteiger charge is -2.24. The molecular weight excluding hydrogens is 276 g/mol. The number of amides is 1. The maximum absolute atomic E-state index is 12.5. The van der Waals surface area contributed by atoms with Crippen molar-refractivity contribution >= 4 is 23.3 Å². The van der Waals surface area contributed by atoms with E-state index in [0.29, 0.717) is 5.56 Å². The molecule has 2 heterocycles. The van der Waals surface area contributed by atoms with Gasteiger partial charge in [0.25, 0.3) is 0 Å². The molecule has 1 amide bonds. The average Bonchev–Trinajstić information content (AvgIpc) is 3.05. The van der Waals surface area contributed by atoms with Gasteiger partial charge in [0.15, 0.2) is 5.78 Å². The summed E-state index contributed by atoms with van der Waals surface area (Å²) in [7, 11) is 0. The summed E-state index contributed by atoms with van der Waals surface area (Å²) >= 11 is 5.63. The number of Topliss-reactive ketones (excluding diaryl/α,β-unsaturated/α-hetero) is 1. The molecule has 0 spiro atoms. The molecule has 1 aliphatic rings. The van der Waals surface area contributed by atoms with Crippen LogP contribution < -0.4 is 0 Å². The van der Waals surface area contributed by atoms with E-state index in [1.807, 2.05) is 36.3 Å². The number of aryl methyl sites for hydroxylation is 1. The van der Waals surface area contributed by atoms with E-state index in [0.717, 1.165) is 37.3 Å². The molecule has 1 aromatic heterocycles. The van der Waals surface area contributed by atoms with Gasteiger partial charge in [-0.3, -0.25) is 9.59 Å². The van der Waals surface area contributed by atoms with E-state index in [4.69, 9.17) is 11.6 Å². The molecular formula is C15H21ClN2O2. The Labute approximate surface area is 124 Å². The normalized spacial score (nSPS) is 16.5. The second-order valence-corrected chi connectivity index (χ2v) is 5.69. The first kappa shape index (κ1) is 15.1. The van der Waals surface area contributed by atoms with Crippen molar-refractivity contribution < 1.29 is 9.59 Å². The van der Waals surface area contributed by atoms with Crippen molar-refractivity contribution in [3.05, 3.63) is 23.0 Å². The van der Waals surface area contributed by atoms with Crippen LogP contribution in [-0.4, -0.2) is 40.1 Å². The molecule has 0 aliphatic carbocycles. The number of hydrogen-bond acceptors (Lipinski definition) is 2. The summed E-state index contributed by atoms with van der Waals surface area (Å²) < 4.78 is 1.94. The van der Waals surface area contributed by atoms with Crippen LogP contribution in [0.15, 0.2) is 6.07 Å². The summed E-state index contributed by atoms with van der Waals surface area (Å²) in [6.07, 6.45) is 2.16. The van der Waals surface area contributed by atoms with Crippen molar-refractivity contribution in [2.75, 3.05) is 19.0 Å². The topological polar surface area (TPSA) is 42.3 Å². The van der Waals surface area contributed by atoms with E-state index in [2.05, 4.69) is 0 Å². The van der Waals surface area contributed by atoms with Gasteiger partial charge in [-0.25, -0.2) is 0 Å². The molecule has 0 N–H and O–H groups in total. The lowest BCUT2D eigenvalue weighted by atomic mass is 10.2. The monoisotopic (exact) mass is 296 g/mol. The van der Waals surface area contributed by atoms with Crippen LogP contribution in [0.5, 0.6) is 0 Å². The van der Waals surface area contributed by atoms with Gasteiger partial charge in [-0.15, -0.1) is 11.6 Å². The second kappa shape index (κ2) is 6.00. The lowest BCUT2D eigenvalue weighted by molar-refractivity contribution is -0.133. The molecule has 0 saturated carbocycles. The van der Waals surface area contributed by atoms with Crippen LogP contribution in [0, 0.1) is 13.8 Å². The predicted octanol–water partition coefficient (Wildman–Crippen LogP) is 2.71. The summed E-state index contributed by atoms with van der Waals surface area (Å²) in [5.74, 6) is 0.0136. The Balaban J connectivity index is 2.29. The highest BCUT2D eigenvalue weighted by Gasteiger charge is 2.27. The van der Waals surface area contributed by atoms with Crippen molar-refractivity contribution in [1.29, 1.82) is 0 Å². The zero-order valence-corrected chi connectivity index (χ0v) is 13.0. The molecule has 4 nitrogen and oxygen atoms in total. The van der Waals surface area contributed by atoms with Gasteiger partial charge in [0, 0.05) is 30.0 Å². The number of alkyl halides is 1. The minimum absolute atomic E-state index is 0.0290.